The van der Waals surface area contributed by atoms with Crippen LogP contribution in [0.1, 0.15) is 23.3 Å². The van der Waals surface area contributed by atoms with Crippen molar-refractivity contribution in [1.29, 1.82) is 0 Å². The lowest BCUT2D eigenvalue weighted by Crippen LogP contribution is -2.02. The van der Waals surface area contributed by atoms with Crippen molar-refractivity contribution < 1.29 is 4.42 Å². The van der Waals surface area contributed by atoms with Gasteiger partial charge in [0.05, 0.1) is 34.2 Å². The van der Waals surface area contributed by atoms with Crippen LogP contribution in [-0.2, 0) is 6.42 Å². The smallest absolute Gasteiger partial charge is 0.159 e. The van der Waals surface area contributed by atoms with Gasteiger partial charge in [-0.05, 0) is 31.0 Å². The van der Waals surface area contributed by atoms with Gasteiger partial charge >= 0.3 is 0 Å². The van der Waals surface area contributed by atoms with Crippen LogP contribution in [0.3, 0.4) is 0 Å². The van der Waals surface area contributed by atoms with Gasteiger partial charge in [0.1, 0.15) is 5.76 Å². The summed E-state index contributed by atoms with van der Waals surface area (Å²) in [5.74, 6) is 1.11. The normalized spacial score (nSPS) is 13.4. The summed E-state index contributed by atoms with van der Waals surface area (Å²) in [5, 5.41) is 1.21. The Morgan fingerprint density at radius 3 is 2.73 bits per heavy atom. The van der Waals surface area contributed by atoms with Crippen LogP contribution in [0.4, 0.5) is 11.4 Å². The quantitative estimate of drug-likeness (QED) is 0.376. The molecule has 0 bridgehead atoms. The zero-order chi connectivity index (χ0) is 15.1. The maximum atomic E-state index is 6.21. The molecule has 3 aromatic rings. The van der Waals surface area contributed by atoms with Crippen LogP contribution >= 0.6 is 22.9 Å². The Morgan fingerprint density at radius 2 is 1.86 bits per heavy atom. The van der Waals surface area contributed by atoms with E-state index in [1.807, 2.05) is 0 Å². The first-order chi connectivity index (χ1) is 10.8. The second-order valence-corrected chi connectivity index (χ2v) is 6.57. The fourth-order valence-corrected chi connectivity index (χ4v) is 3.95. The first kappa shape index (κ1) is 13.9. The molecule has 0 radical (unpaired) electrons. The fraction of sp³-hybridized carbons (Fsp3) is 0.158. The summed E-state index contributed by atoms with van der Waals surface area (Å²) in [6.45, 7) is 2.14. The number of allylic oxidation sites excluding steroid dienone is 1. The highest BCUT2D eigenvalue weighted by atomic mass is 127. The van der Waals surface area contributed by atoms with E-state index >= 15 is 0 Å². The van der Waals surface area contributed by atoms with Crippen LogP contribution < -0.4 is 3.11 Å². The highest BCUT2D eigenvalue weighted by molar-refractivity contribution is 14.1. The van der Waals surface area contributed by atoms with Gasteiger partial charge in [0, 0.05) is 17.4 Å². The minimum absolute atomic E-state index is 0.983. The largest absolute Gasteiger partial charge is 0.458 e. The monoisotopic (exact) mass is 401 g/mol. The van der Waals surface area contributed by atoms with Gasteiger partial charge in [0.2, 0.25) is 0 Å². The SMILES string of the molecule is Cc1ccccc1N(I)c1cccc2c3c(oc12)CCC=C3. The van der Waals surface area contributed by atoms with E-state index in [0.717, 1.165) is 29.9 Å². The van der Waals surface area contributed by atoms with Gasteiger partial charge in [-0.3, -0.25) is 3.11 Å². The van der Waals surface area contributed by atoms with E-state index in [-0.39, 0.29) is 0 Å². The molecule has 0 amide bonds. The van der Waals surface area contributed by atoms with Crippen molar-refractivity contribution in [2.75, 3.05) is 3.11 Å². The Bertz CT molecular complexity index is 878. The van der Waals surface area contributed by atoms with Crippen molar-refractivity contribution in [1.82, 2.24) is 0 Å². The molecule has 3 heteroatoms. The van der Waals surface area contributed by atoms with Crippen molar-refractivity contribution in [2.45, 2.75) is 19.8 Å². The van der Waals surface area contributed by atoms with E-state index in [1.165, 1.54) is 22.2 Å². The number of fused-ring (bicyclic) bond motifs is 3. The Hall–Kier alpha value is -1.75. The van der Waals surface area contributed by atoms with E-state index < -0.39 is 0 Å². The van der Waals surface area contributed by atoms with Gasteiger partial charge in [-0.2, -0.15) is 0 Å². The van der Waals surface area contributed by atoms with E-state index in [2.05, 4.69) is 87.5 Å². The maximum Gasteiger partial charge on any atom is 0.159 e. The van der Waals surface area contributed by atoms with Gasteiger partial charge in [0.25, 0.3) is 0 Å². The molecular formula is C19H16INO. The first-order valence-electron chi connectivity index (χ1n) is 7.48. The number of furan rings is 1. The third-order valence-electron chi connectivity index (χ3n) is 4.17. The number of benzene rings is 2. The van der Waals surface area contributed by atoms with Crippen LogP contribution in [0.15, 0.2) is 53.0 Å². The average molecular weight is 401 g/mol. The molecule has 110 valence electrons. The zero-order valence-electron chi connectivity index (χ0n) is 12.3. The maximum absolute atomic E-state index is 6.21. The van der Waals surface area contributed by atoms with Gasteiger partial charge < -0.3 is 4.42 Å². The molecule has 0 unspecified atom stereocenters. The molecule has 0 fully saturated rings. The second-order valence-electron chi connectivity index (χ2n) is 5.60. The number of rotatable bonds is 2. The molecule has 1 heterocycles. The van der Waals surface area contributed by atoms with E-state index in [9.17, 15) is 0 Å². The van der Waals surface area contributed by atoms with Crippen molar-refractivity contribution in [3.05, 3.63) is 65.4 Å². The summed E-state index contributed by atoms with van der Waals surface area (Å²) in [7, 11) is 0. The molecule has 4 rings (SSSR count). The Morgan fingerprint density at radius 1 is 1.05 bits per heavy atom. The van der Waals surface area contributed by atoms with E-state index in [0.29, 0.717) is 0 Å². The van der Waals surface area contributed by atoms with Crippen LogP contribution in [0, 0.1) is 6.92 Å². The lowest BCUT2D eigenvalue weighted by Gasteiger charge is -2.19. The lowest BCUT2D eigenvalue weighted by molar-refractivity contribution is 0.547. The number of aryl methyl sites for hydroxylation is 2. The van der Waals surface area contributed by atoms with E-state index in [1.54, 1.807) is 0 Å². The summed E-state index contributed by atoms with van der Waals surface area (Å²) in [5.41, 5.74) is 5.79. The Balaban J connectivity index is 1.91. The fourth-order valence-electron chi connectivity index (χ4n) is 3.02. The number of nitrogens with zero attached hydrogens (tertiary/aromatic N) is 1. The standard InChI is InChI=1S/C19H16INO/c1-13-7-2-4-10-16(13)21(20)17-11-6-9-15-14-8-3-5-12-18(14)22-19(15)17/h2-4,6-11H,5,12H2,1H3. The molecule has 0 saturated heterocycles. The summed E-state index contributed by atoms with van der Waals surface area (Å²) in [6, 6.07) is 14.8. The molecule has 0 N–H and O–H groups in total. The molecule has 22 heavy (non-hydrogen) atoms. The van der Waals surface area contributed by atoms with Crippen LogP contribution in [0.5, 0.6) is 0 Å². The third kappa shape index (κ3) is 2.15. The van der Waals surface area contributed by atoms with Gasteiger partial charge in [0.15, 0.2) is 5.58 Å². The first-order valence-corrected chi connectivity index (χ1v) is 8.44. The van der Waals surface area contributed by atoms with Crippen LogP contribution in [-0.4, -0.2) is 0 Å². The molecule has 2 nitrogen and oxygen atoms in total. The topological polar surface area (TPSA) is 16.4 Å². The summed E-state index contributed by atoms with van der Waals surface area (Å²) in [6.07, 6.45) is 6.48. The highest BCUT2D eigenvalue weighted by Crippen LogP contribution is 2.40. The predicted molar refractivity (Wildman–Crippen MR) is 101 cm³/mol. The van der Waals surface area contributed by atoms with Crippen molar-refractivity contribution in [3.63, 3.8) is 0 Å². The summed E-state index contributed by atoms with van der Waals surface area (Å²) < 4.78 is 8.39. The van der Waals surface area contributed by atoms with Gasteiger partial charge in [-0.1, -0.05) is 42.5 Å². The number of para-hydroxylation sites is 2. The lowest BCUT2D eigenvalue weighted by atomic mass is 10.0. The number of anilines is 2. The summed E-state index contributed by atoms with van der Waals surface area (Å²) in [4.78, 5) is 0. The molecule has 0 aliphatic heterocycles. The molecule has 0 spiro atoms. The average Bonchev–Trinajstić information content (AvgIpc) is 2.93. The molecular weight excluding hydrogens is 385 g/mol. The molecule has 0 atom stereocenters. The Kier molecular flexibility index (Phi) is 3.45. The van der Waals surface area contributed by atoms with E-state index in [4.69, 9.17) is 4.42 Å². The molecule has 1 aliphatic carbocycles. The van der Waals surface area contributed by atoms with Crippen molar-refractivity contribution in [2.24, 2.45) is 0 Å². The van der Waals surface area contributed by atoms with Crippen molar-refractivity contribution in [3.8, 4) is 0 Å². The van der Waals surface area contributed by atoms with Gasteiger partial charge in [-0.25, -0.2) is 0 Å². The minimum atomic E-state index is 0.983. The molecule has 0 saturated carbocycles. The molecule has 2 aromatic carbocycles. The number of hydrogen-bond acceptors (Lipinski definition) is 2. The molecule has 1 aromatic heterocycles. The van der Waals surface area contributed by atoms with Gasteiger partial charge in [-0.15, -0.1) is 0 Å². The molecule has 1 aliphatic rings. The minimum Gasteiger partial charge on any atom is -0.458 e. The predicted octanol–water partition coefficient (Wildman–Crippen LogP) is 6.19. The zero-order valence-corrected chi connectivity index (χ0v) is 14.5. The summed E-state index contributed by atoms with van der Waals surface area (Å²) >= 11 is 2.36. The van der Waals surface area contributed by atoms with Crippen molar-refractivity contribution >= 4 is 51.3 Å². The number of halogens is 1. The highest BCUT2D eigenvalue weighted by Gasteiger charge is 2.19. The number of hydrogen-bond donors (Lipinski definition) is 0. The van der Waals surface area contributed by atoms with Crippen LogP contribution in [0.2, 0.25) is 0 Å². The third-order valence-corrected chi connectivity index (χ3v) is 5.21. The van der Waals surface area contributed by atoms with Crippen LogP contribution in [0.25, 0.3) is 17.0 Å². The second kappa shape index (κ2) is 5.47. The Labute approximate surface area is 143 Å².